The molecule has 18 aromatic carbocycles. The molecule has 0 N–H and O–H groups in total. The Morgan fingerprint density at radius 1 is 0.195 bits per heavy atom. The third-order valence-electron chi connectivity index (χ3n) is 25.6. The quantitative estimate of drug-likeness (QED) is 0.131. The van der Waals surface area contributed by atoms with E-state index in [1.807, 2.05) is 139 Å². The third kappa shape index (κ3) is 10.9. The Hall–Kier alpha value is -17.2. The highest BCUT2D eigenvalue weighted by molar-refractivity contribution is 7.26. The van der Waals surface area contributed by atoms with Gasteiger partial charge in [0.2, 0.25) is 0 Å². The second-order valence-corrected chi connectivity index (χ2v) is 33.7. The largest absolute Gasteiger partial charge is 0.455 e. The Labute approximate surface area is 732 Å². The molecule has 596 valence electrons. The van der Waals surface area contributed by atoms with E-state index >= 15 is 0 Å². The Bertz CT molecular complexity index is 8830. The number of thiophene rings is 1. The van der Waals surface area contributed by atoms with Gasteiger partial charge in [0, 0.05) is 124 Å². The summed E-state index contributed by atoms with van der Waals surface area (Å²) in [6.45, 7) is 0. The molecule has 0 unspecified atom stereocenters. The van der Waals surface area contributed by atoms with Crippen molar-refractivity contribution in [2.75, 3.05) is 0 Å². The zero-order valence-electron chi connectivity index (χ0n) is 68.2. The molecule has 14 heteroatoms. The molecule has 0 radical (unpaired) electrons. The van der Waals surface area contributed by atoms with Gasteiger partial charge in [-0.25, -0.2) is 29.9 Å². The SMILES string of the molecule is c1ccc(-c2nc(-c3ccccc3)nc(-c3ccc(-n4c5ccccc5c5c6oc7ccccc7c6ccc54)cc3-n3c4ccccc4c4c5oc6ccccc6c5ccc43)n2)cc1.c1ccc(-c2nc(-c3ccccc3)nc(-c3ccc(-n4c5ccccc5c5c6sc7ccccc7c6ccc54)cc3-n3c4ccccc4c4c5oc6ccccc6c5ccc43)n2)cc1. The molecule has 0 amide bonds. The summed E-state index contributed by atoms with van der Waals surface area (Å²) in [4.78, 5) is 31.3. The van der Waals surface area contributed by atoms with Crippen LogP contribution in [0.5, 0.6) is 0 Å². The average molecular weight is 1660 g/mol. The monoisotopic (exact) mass is 1650 g/mol. The summed E-state index contributed by atoms with van der Waals surface area (Å²) in [5.74, 6) is 3.57. The maximum atomic E-state index is 6.75. The molecule has 0 atom stereocenters. The van der Waals surface area contributed by atoms with Gasteiger partial charge < -0.3 is 31.5 Å². The number of fused-ring (bicyclic) bond motifs is 28. The molecule has 128 heavy (non-hydrogen) atoms. The van der Waals surface area contributed by atoms with E-state index in [1.54, 1.807) is 0 Å². The minimum atomic E-state index is 0.566. The number of para-hydroxylation sites is 7. The van der Waals surface area contributed by atoms with Crippen molar-refractivity contribution >= 4 is 185 Å². The molecular weight excluding hydrogens is 1590 g/mol. The topological polar surface area (TPSA) is 136 Å². The van der Waals surface area contributed by atoms with Gasteiger partial charge in [-0.05, 0) is 127 Å². The van der Waals surface area contributed by atoms with E-state index < -0.39 is 0 Å². The number of hydrogen-bond donors (Lipinski definition) is 0. The number of hydrogen-bond acceptors (Lipinski definition) is 10. The van der Waals surface area contributed by atoms with E-state index in [0.29, 0.717) is 34.9 Å². The minimum absolute atomic E-state index is 0.566. The predicted molar refractivity (Wildman–Crippen MR) is 524 cm³/mol. The molecule has 0 fully saturated rings. The molecule has 0 aliphatic heterocycles. The average Bonchev–Trinajstić information content (AvgIpc) is 1.56. The highest BCUT2D eigenvalue weighted by atomic mass is 32.1. The highest BCUT2D eigenvalue weighted by Crippen LogP contribution is 2.50. The van der Waals surface area contributed by atoms with E-state index in [-0.39, 0.29) is 0 Å². The summed E-state index contributed by atoms with van der Waals surface area (Å²) in [7, 11) is 0. The van der Waals surface area contributed by atoms with Gasteiger partial charge in [0.25, 0.3) is 0 Å². The van der Waals surface area contributed by atoms with E-state index in [0.717, 1.165) is 198 Å². The summed E-state index contributed by atoms with van der Waals surface area (Å²) in [6.07, 6.45) is 0. The Kier molecular flexibility index (Phi) is 15.7. The van der Waals surface area contributed by atoms with Crippen LogP contribution >= 0.6 is 11.3 Å². The molecule has 0 aliphatic rings. The molecule has 28 aromatic rings. The van der Waals surface area contributed by atoms with Crippen molar-refractivity contribution in [2.24, 2.45) is 0 Å². The molecule has 0 bridgehead atoms. The fourth-order valence-corrected chi connectivity index (χ4v) is 21.2. The fraction of sp³-hybridized carbons (Fsp3) is 0. The van der Waals surface area contributed by atoms with Crippen LogP contribution in [0.4, 0.5) is 0 Å². The molecule has 10 aromatic heterocycles. The number of benzene rings is 18. The van der Waals surface area contributed by atoms with Crippen molar-refractivity contribution in [1.82, 2.24) is 48.2 Å². The molecule has 13 nitrogen and oxygen atoms in total. The standard InChI is InChI=1S/C57H33N5O2.C57H33N5OS/c1-3-15-34(16-4-1)55-58-56(35-17-5-2-6-18-35)60-57(59-55)43-28-27-36(61-44-23-11-7-21-41(44)51-46(61)31-29-39-37-19-9-13-25-49(37)63-53(39)51)33-48(43)62-45-24-12-8-22-42(45)52-47(62)32-30-40-38-20-10-14-26-50(38)64-54(40)52;1-3-15-34(16-4-1)55-58-56(35-17-5-2-6-18-35)60-57(59-55)43-28-27-36(61-44-23-11-8-22-42(44)52-47(61)32-30-40-38-20-10-14-26-50(38)64-54(40)52)33-48(43)62-45-24-12-7-21-41(45)51-46(62)31-29-39-37-19-9-13-25-49(37)63-53(39)51/h2*1-33H. The van der Waals surface area contributed by atoms with Gasteiger partial charge in [-0.2, -0.15) is 0 Å². The summed E-state index contributed by atoms with van der Waals surface area (Å²) >= 11 is 1.87. The normalized spacial score (nSPS) is 12.1. The third-order valence-corrected chi connectivity index (χ3v) is 26.8. The molecule has 10 heterocycles. The number of furan rings is 3. The smallest absolute Gasteiger partial charge is 0.166 e. The zero-order chi connectivity index (χ0) is 83.8. The van der Waals surface area contributed by atoms with E-state index in [2.05, 4.69) is 291 Å². The van der Waals surface area contributed by atoms with E-state index in [1.165, 1.54) is 30.9 Å². The van der Waals surface area contributed by atoms with Crippen molar-refractivity contribution in [3.8, 4) is 91.1 Å². The molecule has 28 rings (SSSR count). The van der Waals surface area contributed by atoms with Gasteiger partial charge in [-0.3, -0.25) is 0 Å². The Balaban J connectivity index is 0.000000132. The van der Waals surface area contributed by atoms with Gasteiger partial charge in [0.15, 0.2) is 34.9 Å². The zero-order valence-corrected chi connectivity index (χ0v) is 69.0. The van der Waals surface area contributed by atoms with Crippen LogP contribution in [0.3, 0.4) is 0 Å². The maximum Gasteiger partial charge on any atom is 0.166 e. The number of rotatable bonds is 10. The van der Waals surface area contributed by atoms with E-state index in [4.69, 9.17) is 43.2 Å². The number of nitrogens with zero attached hydrogens (tertiary/aromatic N) is 10. The second-order valence-electron chi connectivity index (χ2n) is 32.6. The van der Waals surface area contributed by atoms with Gasteiger partial charge in [-0.15, -0.1) is 11.3 Å². The first kappa shape index (κ1) is 71.4. The van der Waals surface area contributed by atoms with Crippen LogP contribution in [0.2, 0.25) is 0 Å². The van der Waals surface area contributed by atoms with Crippen LogP contribution in [-0.4, -0.2) is 48.2 Å². The van der Waals surface area contributed by atoms with Gasteiger partial charge in [0.1, 0.15) is 33.5 Å². The van der Waals surface area contributed by atoms with Crippen LogP contribution in [0.15, 0.2) is 414 Å². The minimum Gasteiger partial charge on any atom is -0.455 e. The molecule has 0 aliphatic carbocycles. The Morgan fingerprint density at radius 2 is 0.477 bits per heavy atom. The van der Waals surface area contributed by atoms with Crippen LogP contribution in [0.25, 0.3) is 264 Å². The molecule has 0 saturated heterocycles. The first-order valence-corrected chi connectivity index (χ1v) is 43.7. The van der Waals surface area contributed by atoms with Crippen LogP contribution in [0.1, 0.15) is 0 Å². The van der Waals surface area contributed by atoms with Crippen LogP contribution < -0.4 is 0 Å². The summed E-state index contributed by atoms with van der Waals surface area (Å²) in [6, 6.07) is 140. The Morgan fingerprint density at radius 3 is 0.852 bits per heavy atom. The lowest BCUT2D eigenvalue weighted by atomic mass is 10.1. The first-order valence-electron chi connectivity index (χ1n) is 42.9. The number of aromatic nitrogens is 10. The summed E-state index contributed by atoms with van der Waals surface area (Å²) < 4.78 is 32.3. The maximum absolute atomic E-state index is 6.75. The highest BCUT2D eigenvalue weighted by Gasteiger charge is 2.29. The van der Waals surface area contributed by atoms with Crippen molar-refractivity contribution in [1.29, 1.82) is 0 Å². The van der Waals surface area contributed by atoms with Crippen molar-refractivity contribution in [2.45, 2.75) is 0 Å². The van der Waals surface area contributed by atoms with Gasteiger partial charge >= 0.3 is 0 Å². The lowest BCUT2D eigenvalue weighted by Crippen LogP contribution is -2.05. The first-order chi connectivity index (χ1) is 63.5. The summed E-state index contributed by atoms with van der Waals surface area (Å²) in [5, 5.41) is 18.2. The lowest BCUT2D eigenvalue weighted by Gasteiger charge is -2.17. The summed E-state index contributed by atoms with van der Waals surface area (Å²) in [5.41, 5.74) is 23.1. The van der Waals surface area contributed by atoms with Gasteiger partial charge in [0.05, 0.1) is 71.7 Å². The second kappa shape index (κ2) is 28.2. The van der Waals surface area contributed by atoms with Crippen molar-refractivity contribution < 1.29 is 13.3 Å². The van der Waals surface area contributed by atoms with Crippen LogP contribution in [0, 0.1) is 0 Å². The van der Waals surface area contributed by atoms with Crippen molar-refractivity contribution in [3.63, 3.8) is 0 Å². The lowest BCUT2D eigenvalue weighted by molar-refractivity contribution is 0.672. The van der Waals surface area contributed by atoms with Crippen LogP contribution in [-0.2, 0) is 0 Å². The molecule has 0 saturated carbocycles. The fourth-order valence-electron chi connectivity index (χ4n) is 19.9. The molecular formula is C114H66N10O3S. The molecule has 0 spiro atoms. The predicted octanol–water partition coefficient (Wildman–Crippen LogP) is 30.2. The van der Waals surface area contributed by atoms with Crippen molar-refractivity contribution in [3.05, 3.63) is 400 Å². The van der Waals surface area contributed by atoms with Gasteiger partial charge in [-0.1, -0.05) is 273 Å². The van der Waals surface area contributed by atoms with E-state index in [9.17, 15) is 0 Å².